The Labute approximate surface area is 160 Å². The molecule has 0 spiro atoms. The van der Waals surface area contributed by atoms with Crippen molar-refractivity contribution >= 4 is 28.9 Å². The van der Waals surface area contributed by atoms with Gasteiger partial charge >= 0.3 is 0 Å². The summed E-state index contributed by atoms with van der Waals surface area (Å²) in [5.74, 6) is 0.00757. The topological polar surface area (TPSA) is 50.2 Å². The van der Waals surface area contributed by atoms with Crippen LogP contribution in [0.2, 0.25) is 5.02 Å². The summed E-state index contributed by atoms with van der Waals surface area (Å²) < 4.78 is 1.87. The largest absolute Gasteiger partial charge is 0.370 e. The number of hydrogen-bond donors (Lipinski definition) is 1. The molecule has 0 bridgehead atoms. The van der Waals surface area contributed by atoms with Crippen LogP contribution >= 0.6 is 11.6 Å². The van der Waals surface area contributed by atoms with Gasteiger partial charge in [0.2, 0.25) is 5.91 Å². The van der Waals surface area contributed by atoms with Gasteiger partial charge in [0.05, 0.1) is 17.1 Å². The van der Waals surface area contributed by atoms with E-state index in [1.165, 1.54) is 19.3 Å². The number of aryl methyl sites for hydroxylation is 2. The van der Waals surface area contributed by atoms with Crippen molar-refractivity contribution in [2.75, 3.05) is 23.3 Å². The molecule has 0 aliphatic carbocycles. The number of carbonyl (C=O) groups excluding carboxylic acids is 1. The van der Waals surface area contributed by atoms with E-state index >= 15 is 0 Å². The summed E-state index contributed by atoms with van der Waals surface area (Å²) in [5, 5.41) is 8.13. The predicted molar refractivity (Wildman–Crippen MR) is 107 cm³/mol. The SMILES string of the molecule is Cc1nn(C)c(C)c1CCC(=O)Nc1cc(Cl)ccc1N1CCCCC1. The van der Waals surface area contributed by atoms with Crippen LogP contribution < -0.4 is 10.2 Å². The van der Waals surface area contributed by atoms with E-state index in [4.69, 9.17) is 11.6 Å². The van der Waals surface area contributed by atoms with E-state index in [1.54, 1.807) is 0 Å². The number of piperidine rings is 1. The van der Waals surface area contributed by atoms with E-state index in [2.05, 4.69) is 15.3 Å². The maximum Gasteiger partial charge on any atom is 0.224 e. The Morgan fingerprint density at radius 3 is 2.62 bits per heavy atom. The fourth-order valence-electron chi connectivity index (χ4n) is 3.65. The van der Waals surface area contributed by atoms with Crippen LogP contribution in [0.25, 0.3) is 0 Å². The molecule has 140 valence electrons. The highest BCUT2D eigenvalue weighted by Crippen LogP contribution is 2.31. The van der Waals surface area contributed by atoms with Crippen molar-refractivity contribution in [1.82, 2.24) is 9.78 Å². The van der Waals surface area contributed by atoms with E-state index in [0.29, 0.717) is 17.9 Å². The van der Waals surface area contributed by atoms with E-state index in [1.807, 2.05) is 43.8 Å². The molecule has 1 amide bonds. The normalized spacial score (nSPS) is 14.5. The fourth-order valence-corrected chi connectivity index (χ4v) is 3.82. The second kappa shape index (κ2) is 8.12. The average molecular weight is 375 g/mol. The molecular formula is C20H27ClN4O. The minimum absolute atomic E-state index is 0.00757. The van der Waals surface area contributed by atoms with Gasteiger partial charge in [-0.2, -0.15) is 5.10 Å². The summed E-state index contributed by atoms with van der Waals surface area (Å²) in [6.45, 7) is 6.08. The van der Waals surface area contributed by atoms with Crippen LogP contribution in [-0.4, -0.2) is 28.8 Å². The Hall–Kier alpha value is -2.01. The van der Waals surface area contributed by atoms with Crippen molar-refractivity contribution in [1.29, 1.82) is 0 Å². The van der Waals surface area contributed by atoms with Crippen LogP contribution in [0.3, 0.4) is 0 Å². The minimum Gasteiger partial charge on any atom is -0.370 e. The molecule has 0 radical (unpaired) electrons. The molecule has 3 rings (SSSR count). The van der Waals surface area contributed by atoms with Gasteiger partial charge in [0.15, 0.2) is 0 Å². The zero-order valence-corrected chi connectivity index (χ0v) is 16.6. The van der Waals surface area contributed by atoms with Gasteiger partial charge in [0.1, 0.15) is 0 Å². The summed E-state index contributed by atoms with van der Waals surface area (Å²) >= 11 is 6.18. The number of nitrogens with one attached hydrogen (secondary N) is 1. The van der Waals surface area contributed by atoms with Gasteiger partial charge in [-0.1, -0.05) is 11.6 Å². The summed E-state index contributed by atoms with van der Waals surface area (Å²) in [7, 11) is 1.93. The Morgan fingerprint density at radius 2 is 1.96 bits per heavy atom. The molecule has 0 atom stereocenters. The molecular weight excluding hydrogens is 348 g/mol. The zero-order valence-electron chi connectivity index (χ0n) is 15.8. The number of benzene rings is 1. The molecule has 1 aromatic heterocycles. The van der Waals surface area contributed by atoms with Crippen LogP contribution in [-0.2, 0) is 18.3 Å². The fraction of sp³-hybridized carbons (Fsp3) is 0.500. The Kier molecular flexibility index (Phi) is 5.87. The van der Waals surface area contributed by atoms with Gasteiger partial charge in [-0.3, -0.25) is 9.48 Å². The molecule has 1 fully saturated rings. The lowest BCUT2D eigenvalue weighted by Gasteiger charge is -2.30. The van der Waals surface area contributed by atoms with Gasteiger partial charge in [-0.15, -0.1) is 0 Å². The number of carbonyl (C=O) groups is 1. The molecule has 1 aromatic carbocycles. The monoisotopic (exact) mass is 374 g/mol. The number of rotatable bonds is 5. The van der Waals surface area contributed by atoms with Crippen molar-refractivity contribution in [3.63, 3.8) is 0 Å². The number of nitrogens with zero attached hydrogens (tertiary/aromatic N) is 3. The minimum atomic E-state index is 0.00757. The molecule has 26 heavy (non-hydrogen) atoms. The first-order valence-electron chi connectivity index (χ1n) is 9.29. The maximum absolute atomic E-state index is 12.6. The molecule has 5 nitrogen and oxygen atoms in total. The van der Waals surface area contributed by atoms with E-state index < -0.39 is 0 Å². The van der Waals surface area contributed by atoms with E-state index in [-0.39, 0.29) is 5.91 Å². The third kappa shape index (κ3) is 4.21. The second-order valence-corrected chi connectivity index (χ2v) is 7.47. The zero-order chi connectivity index (χ0) is 18.7. The highest BCUT2D eigenvalue weighted by Gasteiger charge is 2.17. The summed E-state index contributed by atoms with van der Waals surface area (Å²) in [4.78, 5) is 14.9. The lowest BCUT2D eigenvalue weighted by atomic mass is 10.1. The molecule has 2 heterocycles. The third-order valence-electron chi connectivity index (χ3n) is 5.19. The molecule has 1 N–H and O–H groups in total. The van der Waals surface area contributed by atoms with Crippen LogP contribution in [0.15, 0.2) is 18.2 Å². The number of anilines is 2. The number of halogens is 1. The average Bonchev–Trinajstić information content (AvgIpc) is 2.86. The molecule has 0 saturated carbocycles. The lowest BCUT2D eigenvalue weighted by Crippen LogP contribution is -2.30. The van der Waals surface area contributed by atoms with Crippen molar-refractivity contribution in [3.8, 4) is 0 Å². The van der Waals surface area contributed by atoms with Gasteiger partial charge in [-0.05, 0) is 63.3 Å². The first-order chi connectivity index (χ1) is 12.5. The Morgan fingerprint density at radius 1 is 1.23 bits per heavy atom. The molecule has 1 aliphatic rings. The highest BCUT2D eigenvalue weighted by atomic mass is 35.5. The van der Waals surface area contributed by atoms with Gasteiger partial charge < -0.3 is 10.2 Å². The van der Waals surface area contributed by atoms with Gasteiger partial charge in [0, 0.05) is 37.3 Å². The van der Waals surface area contributed by atoms with Crippen LogP contribution in [0.1, 0.15) is 42.6 Å². The van der Waals surface area contributed by atoms with Crippen molar-refractivity contribution < 1.29 is 4.79 Å². The summed E-state index contributed by atoms with van der Waals surface area (Å²) in [5.41, 5.74) is 5.15. The summed E-state index contributed by atoms with van der Waals surface area (Å²) in [6.07, 6.45) is 4.77. The van der Waals surface area contributed by atoms with E-state index in [9.17, 15) is 4.79 Å². The van der Waals surface area contributed by atoms with Crippen LogP contribution in [0.4, 0.5) is 11.4 Å². The molecule has 0 unspecified atom stereocenters. The lowest BCUT2D eigenvalue weighted by molar-refractivity contribution is -0.116. The standard InChI is InChI=1S/C20H27ClN4O/c1-14-17(15(2)24(3)23-14)8-10-20(26)22-18-13-16(21)7-9-19(18)25-11-5-4-6-12-25/h7,9,13H,4-6,8,10-12H2,1-3H3,(H,22,26). The first kappa shape index (κ1) is 18.8. The second-order valence-electron chi connectivity index (χ2n) is 7.03. The van der Waals surface area contributed by atoms with Gasteiger partial charge in [-0.25, -0.2) is 0 Å². The van der Waals surface area contributed by atoms with Crippen LogP contribution in [0.5, 0.6) is 0 Å². The van der Waals surface area contributed by atoms with Crippen molar-refractivity contribution in [2.45, 2.75) is 46.0 Å². The number of hydrogen-bond acceptors (Lipinski definition) is 3. The molecule has 1 saturated heterocycles. The third-order valence-corrected chi connectivity index (χ3v) is 5.43. The number of aromatic nitrogens is 2. The Balaban J connectivity index is 1.69. The number of amides is 1. The Bertz CT molecular complexity index is 793. The smallest absolute Gasteiger partial charge is 0.224 e. The highest BCUT2D eigenvalue weighted by molar-refractivity contribution is 6.31. The van der Waals surface area contributed by atoms with Crippen molar-refractivity contribution in [3.05, 3.63) is 40.2 Å². The van der Waals surface area contributed by atoms with Crippen LogP contribution in [0, 0.1) is 13.8 Å². The van der Waals surface area contributed by atoms with Gasteiger partial charge in [0.25, 0.3) is 0 Å². The molecule has 2 aromatic rings. The molecule has 1 aliphatic heterocycles. The van der Waals surface area contributed by atoms with E-state index in [0.717, 1.165) is 41.4 Å². The maximum atomic E-state index is 12.6. The quantitative estimate of drug-likeness (QED) is 0.851. The first-order valence-corrected chi connectivity index (χ1v) is 9.67. The predicted octanol–water partition coefficient (Wildman–Crippen LogP) is 4.25. The van der Waals surface area contributed by atoms with Crippen molar-refractivity contribution in [2.24, 2.45) is 7.05 Å². The summed E-state index contributed by atoms with van der Waals surface area (Å²) in [6, 6.07) is 5.76. The molecule has 6 heteroatoms.